The van der Waals surface area contributed by atoms with Crippen LogP contribution in [-0.2, 0) is 9.53 Å². The van der Waals surface area contributed by atoms with Crippen LogP contribution in [-0.4, -0.2) is 62.2 Å². The number of ether oxygens (including phenoxy) is 2. The lowest BCUT2D eigenvalue weighted by atomic mass is 9.98. The van der Waals surface area contributed by atoms with Crippen LogP contribution >= 0.6 is 0 Å². The Kier molecular flexibility index (Phi) is 7.66. The van der Waals surface area contributed by atoms with Gasteiger partial charge in [0, 0.05) is 12.3 Å². The molecule has 0 aromatic heterocycles. The highest BCUT2D eigenvalue weighted by atomic mass is 16.6. The summed E-state index contributed by atoms with van der Waals surface area (Å²) in [6.45, 7) is 3.85. The molecular formula is C24H26O8. The molecule has 6 atom stereocenters. The lowest BCUT2D eigenvalue weighted by Gasteiger charge is -2.26. The van der Waals surface area contributed by atoms with Crippen molar-refractivity contribution < 1.29 is 39.8 Å². The molecule has 2 aromatic carbocycles. The summed E-state index contributed by atoms with van der Waals surface area (Å²) >= 11 is 0. The predicted octanol–water partition coefficient (Wildman–Crippen LogP) is 2.04. The van der Waals surface area contributed by atoms with Crippen molar-refractivity contribution in [1.82, 2.24) is 0 Å². The largest absolute Gasteiger partial charge is 0.508 e. The second-order valence-corrected chi connectivity index (χ2v) is 7.52. The zero-order valence-corrected chi connectivity index (χ0v) is 17.2. The van der Waals surface area contributed by atoms with Crippen LogP contribution in [0.25, 0.3) is 6.08 Å². The molecule has 1 heterocycles. The number of hydrogen-bond acceptors (Lipinski definition) is 7. The third-order valence-electron chi connectivity index (χ3n) is 5.20. The predicted molar refractivity (Wildman–Crippen MR) is 116 cm³/mol. The van der Waals surface area contributed by atoms with Gasteiger partial charge in [-0.25, -0.2) is 4.79 Å². The van der Waals surface area contributed by atoms with E-state index >= 15 is 0 Å². The van der Waals surface area contributed by atoms with Crippen LogP contribution < -0.4 is 4.74 Å². The van der Waals surface area contributed by atoms with Crippen molar-refractivity contribution in [2.45, 2.75) is 43.0 Å². The van der Waals surface area contributed by atoms with E-state index in [4.69, 9.17) is 9.47 Å². The van der Waals surface area contributed by atoms with E-state index in [9.17, 15) is 30.3 Å². The fourth-order valence-electron chi connectivity index (χ4n) is 3.41. The Morgan fingerprint density at radius 2 is 1.72 bits per heavy atom. The highest BCUT2D eigenvalue weighted by molar-refractivity contribution is 5.73. The first kappa shape index (κ1) is 23.5. The minimum atomic E-state index is -1.74. The standard InChI is InChI=1S/C24H26O8/c1-2-15(16-7-9-17(25)10-8-16)6-3-14-4-11-18(12-5-14)31-21-19(26)13-20(27)24(30)32-22(21)23(28)29/h2-12,15,19-22,24-27,30H,1,13H2,(H,28,29). The van der Waals surface area contributed by atoms with Crippen molar-refractivity contribution in [3.05, 3.63) is 78.4 Å². The molecule has 0 amide bonds. The van der Waals surface area contributed by atoms with E-state index in [0.29, 0.717) is 5.75 Å². The molecule has 0 radical (unpaired) electrons. The van der Waals surface area contributed by atoms with E-state index in [1.54, 1.807) is 42.5 Å². The van der Waals surface area contributed by atoms with Crippen LogP contribution in [0.15, 0.2) is 67.3 Å². The topological polar surface area (TPSA) is 137 Å². The molecule has 0 saturated carbocycles. The maximum atomic E-state index is 11.5. The van der Waals surface area contributed by atoms with Crippen LogP contribution in [0, 0.1) is 0 Å². The average molecular weight is 442 g/mol. The number of phenolic OH excluding ortho intramolecular Hbond substituents is 1. The number of allylic oxidation sites excluding steroid dienone is 2. The van der Waals surface area contributed by atoms with Crippen molar-refractivity contribution >= 4 is 12.0 Å². The van der Waals surface area contributed by atoms with Gasteiger partial charge in [-0.1, -0.05) is 42.5 Å². The average Bonchev–Trinajstić information content (AvgIpc) is 2.87. The van der Waals surface area contributed by atoms with Crippen molar-refractivity contribution in [2.24, 2.45) is 0 Å². The Morgan fingerprint density at radius 1 is 1.06 bits per heavy atom. The molecule has 8 nitrogen and oxygen atoms in total. The highest BCUT2D eigenvalue weighted by Crippen LogP contribution is 2.26. The SMILES string of the molecule is C=CC(C=Cc1ccc(OC2C(O)CC(O)C(O)OC2C(=O)O)cc1)c1ccc(O)cc1. The molecule has 0 spiro atoms. The molecule has 6 unspecified atom stereocenters. The summed E-state index contributed by atoms with van der Waals surface area (Å²) in [6.07, 6.45) is -2.19. The number of rotatable bonds is 7. The molecule has 1 fully saturated rings. The normalized spacial score (nSPS) is 26.9. The summed E-state index contributed by atoms with van der Waals surface area (Å²) in [6, 6.07) is 13.6. The number of carboxylic acids is 1. The maximum absolute atomic E-state index is 11.5. The zero-order valence-electron chi connectivity index (χ0n) is 17.2. The number of phenols is 1. The van der Waals surface area contributed by atoms with Gasteiger partial charge in [0.1, 0.15) is 17.6 Å². The number of aliphatic hydroxyl groups is 3. The van der Waals surface area contributed by atoms with Crippen molar-refractivity contribution in [1.29, 1.82) is 0 Å². The Balaban J connectivity index is 1.71. The van der Waals surface area contributed by atoms with E-state index in [0.717, 1.165) is 11.1 Å². The van der Waals surface area contributed by atoms with E-state index < -0.39 is 36.7 Å². The molecule has 3 rings (SSSR count). The number of aromatic hydroxyl groups is 1. The molecule has 5 N–H and O–H groups in total. The number of carbonyl (C=O) groups is 1. The molecule has 32 heavy (non-hydrogen) atoms. The number of aliphatic carboxylic acids is 1. The van der Waals surface area contributed by atoms with Gasteiger partial charge in [0.25, 0.3) is 0 Å². The zero-order chi connectivity index (χ0) is 23.3. The Labute approximate surface area is 185 Å². The third-order valence-corrected chi connectivity index (χ3v) is 5.20. The molecule has 1 aliphatic rings. The lowest BCUT2D eigenvalue weighted by molar-refractivity contribution is -0.203. The van der Waals surface area contributed by atoms with E-state index in [-0.39, 0.29) is 18.1 Å². The van der Waals surface area contributed by atoms with Crippen LogP contribution in [0.5, 0.6) is 11.5 Å². The summed E-state index contributed by atoms with van der Waals surface area (Å²) in [4.78, 5) is 11.5. The molecule has 0 aliphatic carbocycles. The van der Waals surface area contributed by atoms with Gasteiger partial charge in [0.15, 0.2) is 18.5 Å². The molecule has 8 heteroatoms. The van der Waals surface area contributed by atoms with Gasteiger partial charge in [-0.3, -0.25) is 0 Å². The summed E-state index contributed by atoms with van der Waals surface area (Å²) in [5, 5.41) is 48.6. The fourth-order valence-corrected chi connectivity index (χ4v) is 3.41. The van der Waals surface area contributed by atoms with Crippen molar-refractivity contribution in [3.8, 4) is 11.5 Å². The van der Waals surface area contributed by atoms with Crippen LogP contribution in [0.1, 0.15) is 23.5 Å². The first-order valence-corrected chi connectivity index (χ1v) is 10.1. The minimum absolute atomic E-state index is 0.0565. The molecule has 0 bridgehead atoms. The first-order chi connectivity index (χ1) is 15.3. The van der Waals surface area contributed by atoms with Crippen LogP contribution in [0.2, 0.25) is 0 Å². The number of aliphatic hydroxyl groups excluding tert-OH is 3. The summed E-state index contributed by atoms with van der Waals surface area (Å²) < 4.78 is 10.6. The van der Waals surface area contributed by atoms with Gasteiger partial charge >= 0.3 is 5.97 Å². The summed E-state index contributed by atoms with van der Waals surface area (Å²) in [5.41, 5.74) is 1.82. The van der Waals surface area contributed by atoms with E-state index in [1.165, 1.54) is 0 Å². The summed E-state index contributed by atoms with van der Waals surface area (Å²) in [5.74, 6) is -0.995. The second kappa shape index (κ2) is 10.4. The Bertz CT molecular complexity index is 937. The fraction of sp³-hybridized carbons (Fsp3) is 0.292. The van der Waals surface area contributed by atoms with Crippen molar-refractivity contribution in [2.75, 3.05) is 0 Å². The minimum Gasteiger partial charge on any atom is -0.508 e. The maximum Gasteiger partial charge on any atom is 0.336 e. The number of hydrogen-bond donors (Lipinski definition) is 5. The first-order valence-electron chi connectivity index (χ1n) is 10.1. The monoisotopic (exact) mass is 442 g/mol. The van der Waals surface area contributed by atoms with E-state index in [2.05, 4.69) is 6.58 Å². The van der Waals surface area contributed by atoms with Gasteiger partial charge in [-0.15, -0.1) is 6.58 Å². The number of carboxylic acid groups (broad SMARTS) is 1. The van der Waals surface area contributed by atoms with E-state index in [1.807, 2.05) is 24.3 Å². The van der Waals surface area contributed by atoms with Gasteiger partial charge in [-0.05, 0) is 35.4 Å². The van der Waals surface area contributed by atoms with Crippen LogP contribution in [0.4, 0.5) is 0 Å². The Morgan fingerprint density at radius 3 is 2.31 bits per heavy atom. The third kappa shape index (κ3) is 5.74. The van der Waals surface area contributed by atoms with Crippen LogP contribution in [0.3, 0.4) is 0 Å². The summed E-state index contributed by atoms with van der Waals surface area (Å²) in [7, 11) is 0. The number of benzene rings is 2. The smallest absolute Gasteiger partial charge is 0.336 e. The molecule has 1 aliphatic heterocycles. The molecule has 2 aromatic rings. The van der Waals surface area contributed by atoms with Gasteiger partial charge < -0.3 is 35.0 Å². The second-order valence-electron chi connectivity index (χ2n) is 7.52. The van der Waals surface area contributed by atoms with Gasteiger partial charge in [0.2, 0.25) is 0 Å². The molecule has 1 saturated heterocycles. The molecule has 170 valence electrons. The Hall–Kier alpha value is -3.17. The highest BCUT2D eigenvalue weighted by Gasteiger charge is 2.43. The molecular weight excluding hydrogens is 416 g/mol. The lowest BCUT2D eigenvalue weighted by Crippen LogP contribution is -2.47. The van der Waals surface area contributed by atoms with Gasteiger partial charge in [-0.2, -0.15) is 0 Å². The quantitative estimate of drug-likeness (QED) is 0.411. The van der Waals surface area contributed by atoms with Crippen molar-refractivity contribution in [3.63, 3.8) is 0 Å². The van der Waals surface area contributed by atoms with Gasteiger partial charge in [0.05, 0.1) is 6.10 Å².